The van der Waals surface area contributed by atoms with Gasteiger partial charge in [-0.1, -0.05) is 12.1 Å². The molecule has 0 saturated heterocycles. The van der Waals surface area contributed by atoms with Gasteiger partial charge >= 0.3 is 6.18 Å². The highest BCUT2D eigenvalue weighted by atomic mass is 19.4. The summed E-state index contributed by atoms with van der Waals surface area (Å²) >= 11 is 0. The van der Waals surface area contributed by atoms with Crippen molar-refractivity contribution in [2.45, 2.75) is 18.7 Å². The maximum Gasteiger partial charge on any atom is 0.391 e. The van der Waals surface area contributed by atoms with E-state index in [0.717, 1.165) is 12.1 Å². The molecular weight excluding hydrogens is 227 g/mol. The van der Waals surface area contributed by atoms with E-state index < -0.39 is 23.6 Å². The molecule has 0 aromatic heterocycles. The first-order chi connectivity index (χ1) is 7.29. The molecular formula is C9H8F3NO3. The van der Waals surface area contributed by atoms with Gasteiger partial charge in [0.1, 0.15) is 0 Å². The van der Waals surface area contributed by atoms with Gasteiger partial charge in [-0.3, -0.25) is 10.1 Å². The van der Waals surface area contributed by atoms with Gasteiger partial charge in [-0.25, -0.2) is 0 Å². The Morgan fingerprint density at radius 3 is 2.56 bits per heavy atom. The number of nitro groups is 1. The molecule has 1 N–H and O–H groups in total. The van der Waals surface area contributed by atoms with Gasteiger partial charge in [0.15, 0.2) is 0 Å². The number of nitrogens with zero attached hydrogens (tertiary/aromatic N) is 1. The Hall–Kier alpha value is -1.63. The lowest BCUT2D eigenvalue weighted by Gasteiger charge is -2.12. The maximum atomic E-state index is 12.0. The molecule has 0 aliphatic heterocycles. The summed E-state index contributed by atoms with van der Waals surface area (Å²) in [5.74, 6) is 0. The standard InChI is InChI=1S/C9H8F3NO3/c10-9(11,12)5-8(14)6-2-1-3-7(4-6)13(15)16/h1-4,8,14H,5H2/t8-/m0/s1. The number of alkyl halides is 3. The van der Waals surface area contributed by atoms with Crippen molar-refractivity contribution in [1.29, 1.82) is 0 Å². The Morgan fingerprint density at radius 1 is 1.44 bits per heavy atom. The van der Waals surface area contributed by atoms with E-state index in [-0.39, 0.29) is 11.3 Å². The van der Waals surface area contributed by atoms with Crippen molar-refractivity contribution >= 4 is 5.69 Å². The predicted molar refractivity (Wildman–Crippen MR) is 48.7 cm³/mol. The van der Waals surface area contributed by atoms with Crippen molar-refractivity contribution < 1.29 is 23.2 Å². The zero-order chi connectivity index (χ0) is 12.3. The van der Waals surface area contributed by atoms with E-state index in [1.807, 2.05) is 0 Å². The number of nitro benzene ring substituents is 1. The van der Waals surface area contributed by atoms with Gasteiger partial charge in [0.05, 0.1) is 17.4 Å². The van der Waals surface area contributed by atoms with Crippen LogP contribution in [0.15, 0.2) is 24.3 Å². The fourth-order valence-corrected chi connectivity index (χ4v) is 1.18. The Morgan fingerprint density at radius 2 is 2.06 bits per heavy atom. The SMILES string of the molecule is O=[N+]([O-])c1cccc([C@@H](O)CC(F)(F)F)c1. The summed E-state index contributed by atoms with van der Waals surface area (Å²) in [5.41, 5.74) is -0.467. The normalized spacial score (nSPS) is 13.5. The van der Waals surface area contributed by atoms with Crippen LogP contribution in [0.4, 0.5) is 18.9 Å². The lowest BCUT2D eigenvalue weighted by Crippen LogP contribution is -2.13. The van der Waals surface area contributed by atoms with E-state index in [4.69, 9.17) is 0 Å². The van der Waals surface area contributed by atoms with Gasteiger partial charge in [0.25, 0.3) is 5.69 Å². The van der Waals surface area contributed by atoms with Gasteiger partial charge in [0, 0.05) is 12.1 Å². The lowest BCUT2D eigenvalue weighted by atomic mass is 10.1. The lowest BCUT2D eigenvalue weighted by molar-refractivity contribution is -0.385. The largest absolute Gasteiger partial charge is 0.391 e. The summed E-state index contributed by atoms with van der Waals surface area (Å²) in [6.45, 7) is 0. The Labute approximate surface area is 88.5 Å². The number of aliphatic hydroxyl groups excluding tert-OH is 1. The molecule has 0 saturated carbocycles. The average Bonchev–Trinajstić information content (AvgIpc) is 2.15. The zero-order valence-electron chi connectivity index (χ0n) is 7.94. The van der Waals surface area contributed by atoms with Crippen LogP contribution >= 0.6 is 0 Å². The molecule has 1 aromatic carbocycles. The molecule has 88 valence electrons. The Balaban J connectivity index is 2.87. The number of rotatable bonds is 3. The molecule has 16 heavy (non-hydrogen) atoms. The number of non-ortho nitro benzene ring substituents is 1. The van der Waals surface area contributed by atoms with Crippen LogP contribution in [0.2, 0.25) is 0 Å². The third kappa shape index (κ3) is 3.50. The third-order valence-corrected chi connectivity index (χ3v) is 1.89. The van der Waals surface area contributed by atoms with Crippen molar-refractivity contribution in [1.82, 2.24) is 0 Å². The van der Waals surface area contributed by atoms with E-state index in [1.54, 1.807) is 0 Å². The minimum absolute atomic E-state index is 0.119. The van der Waals surface area contributed by atoms with E-state index in [1.165, 1.54) is 12.1 Å². The van der Waals surface area contributed by atoms with Crippen LogP contribution in [-0.2, 0) is 0 Å². The highest BCUT2D eigenvalue weighted by Gasteiger charge is 2.32. The van der Waals surface area contributed by atoms with Crippen LogP contribution in [0.3, 0.4) is 0 Å². The molecule has 0 heterocycles. The second-order valence-corrected chi connectivity index (χ2v) is 3.19. The second kappa shape index (κ2) is 4.48. The summed E-state index contributed by atoms with van der Waals surface area (Å²) in [6.07, 6.45) is -7.71. The third-order valence-electron chi connectivity index (χ3n) is 1.89. The van der Waals surface area contributed by atoms with E-state index in [2.05, 4.69) is 0 Å². The summed E-state index contributed by atoms with van der Waals surface area (Å²) < 4.78 is 35.9. The summed E-state index contributed by atoms with van der Waals surface area (Å²) in [5, 5.41) is 19.6. The second-order valence-electron chi connectivity index (χ2n) is 3.19. The minimum atomic E-state index is -4.51. The molecule has 0 amide bonds. The number of aliphatic hydroxyl groups is 1. The molecule has 0 radical (unpaired) electrons. The topological polar surface area (TPSA) is 63.4 Å². The quantitative estimate of drug-likeness (QED) is 0.646. The average molecular weight is 235 g/mol. The summed E-state index contributed by atoms with van der Waals surface area (Å²) in [7, 11) is 0. The van der Waals surface area contributed by atoms with E-state index in [9.17, 15) is 28.4 Å². The molecule has 1 aromatic rings. The van der Waals surface area contributed by atoms with Crippen molar-refractivity contribution in [3.05, 3.63) is 39.9 Å². The van der Waals surface area contributed by atoms with Crippen molar-refractivity contribution in [3.63, 3.8) is 0 Å². The van der Waals surface area contributed by atoms with E-state index in [0.29, 0.717) is 0 Å². The molecule has 0 spiro atoms. The van der Waals surface area contributed by atoms with Gasteiger partial charge in [0.2, 0.25) is 0 Å². The fourth-order valence-electron chi connectivity index (χ4n) is 1.18. The molecule has 1 rings (SSSR count). The molecule has 0 aliphatic carbocycles. The van der Waals surface area contributed by atoms with Crippen molar-refractivity contribution in [2.24, 2.45) is 0 Å². The molecule has 1 atom stereocenters. The van der Waals surface area contributed by atoms with Gasteiger partial charge in [-0.15, -0.1) is 0 Å². The van der Waals surface area contributed by atoms with Crippen LogP contribution < -0.4 is 0 Å². The van der Waals surface area contributed by atoms with Crippen molar-refractivity contribution in [3.8, 4) is 0 Å². The molecule has 0 bridgehead atoms. The zero-order valence-corrected chi connectivity index (χ0v) is 7.94. The smallest absolute Gasteiger partial charge is 0.388 e. The highest BCUT2D eigenvalue weighted by Crippen LogP contribution is 2.30. The first-order valence-electron chi connectivity index (χ1n) is 4.29. The van der Waals surface area contributed by atoms with Crippen molar-refractivity contribution in [2.75, 3.05) is 0 Å². The Bertz CT molecular complexity index is 392. The predicted octanol–water partition coefficient (Wildman–Crippen LogP) is 2.58. The van der Waals surface area contributed by atoms with Gasteiger partial charge in [-0.05, 0) is 5.56 Å². The molecule has 7 heteroatoms. The summed E-state index contributed by atoms with van der Waals surface area (Å²) in [4.78, 5) is 9.63. The van der Waals surface area contributed by atoms with Crippen LogP contribution in [-0.4, -0.2) is 16.2 Å². The Kier molecular flexibility index (Phi) is 3.48. The highest BCUT2D eigenvalue weighted by molar-refractivity contribution is 5.35. The number of halogens is 3. The molecule has 4 nitrogen and oxygen atoms in total. The summed E-state index contributed by atoms with van der Waals surface area (Å²) in [6, 6.07) is 4.51. The van der Waals surface area contributed by atoms with Crippen LogP contribution in [0.5, 0.6) is 0 Å². The molecule has 0 fully saturated rings. The van der Waals surface area contributed by atoms with Crippen LogP contribution in [0.25, 0.3) is 0 Å². The van der Waals surface area contributed by atoms with Gasteiger partial charge < -0.3 is 5.11 Å². The molecule has 0 unspecified atom stereocenters. The van der Waals surface area contributed by atoms with E-state index >= 15 is 0 Å². The first-order valence-corrected chi connectivity index (χ1v) is 4.29. The van der Waals surface area contributed by atoms with Crippen LogP contribution in [0, 0.1) is 10.1 Å². The minimum Gasteiger partial charge on any atom is -0.388 e. The monoisotopic (exact) mass is 235 g/mol. The number of hydrogen-bond donors (Lipinski definition) is 1. The fraction of sp³-hybridized carbons (Fsp3) is 0.333. The van der Waals surface area contributed by atoms with Gasteiger partial charge in [-0.2, -0.15) is 13.2 Å². The maximum absolute atomic E-state index is 12.0. The number of benzene rings is 1. The molecule has 0 aliphatic rings. The number of hydrogen-bond acceptors (Lipinski definition) is 3. The van der Waals surface area contributed by atoms with Crippen LogP contribution in [0.1, 0.15) is 18.1 Å². The first kappa shape index (κ1) is 12.4.